The van der Waals surface area contributed by atoms with Gasteiger partial charge in [-0.25, -0.2) is 0 Å². The van der Waals surface area contributed by atoms with Gasteiger partial charge in [0, 0.05) is 28.7 Å². The van der Waals surface area contributed by atoms with E-state index in [0.29, 0.717) is 5.56 Å². The highest BCUT2D eigenvalue weighted by Gasteiger charge is 2.44. The van der Waals surface area contributed by atoms with Gasteiger partial charge >= 0.3 is 0 Å². The molecule has 134 valence electrons. The van der Waals surface area contributed by atoms with Crippen molar-refractivity contribution in [3.8, 4) is 0 Å². The molecule has 3 nitrogen and oxygen atoms in total. The lowest BCUT2D eigenvalue weighted by atomic mass is 9.73. The van der Waals surface area contributed by atoms with E-state index >= 15 is 0 Å². The smallest absolute Gasteiger partial charge is 0.238 e. The zero-order chi connectivity index (χ0) is 19.0. The summed E-state index contributed by atoms with van der Waals surface area (Å²) < 4.78 is 0.821. The highest BCUT2D eigenvalue weighted by Crippen LogP contribution is 2.44. The van der Waals surface area contributed by atoms with Crippen molar-refractivity contribution in [1.82, 2.24) is 0 Å². The molecular weight excluding hydrogens is 402 g/mol. The van der Waals surface area contributed by atoms with E-state index in [9.17, 15) is 9.59 Å². The van der Waals surface area contributed by atoms with Crippen LogP contribution in [0.4, 0.5) is 5.69 Å². The third kappa shape index (κ3) is 3.10. The monoisotopic (exact) mass is 419 g/mol. The molecule has 27 heavy (non-hydrogen) atoms. The topological polar surface area (TPSA) is 37.4 Å². The van der Waals surface area contributed by atoms with E-state index < -0.39 is 5.92 Å². The van der Waals surface area contributed by atoms with Gasteiger partial charge in [0.05, 0.1) is 0 Å². The maximum absolute atomic E-state index is 13.4. The van der Waals surface area contributed by atoms with E-state index in [1.165, 1.54) is 0 Å². The van der Waals surface area contributed by atoms with Crippen LogP contribution in [0.5, 0.6) is 0 Å². The van der Waals surface area contributed by atoms with Crippen LogP contribution in [-0.4, -0.2) is 18.7 Å². The van der Waals surface area contributed by atoms with E-state index in [-0.39, 0.29) is 17.6 Å². The van der Waals surface area contributed by atoms with E-state index in [0.717, 1.165) is 21.3 Å². The van der Waals surface area contributed by atoms with Crippen molar-refractivity contribution in [2.24, 2.45) is 5.92 Å². The molecular formula is C23H18BrNO2. The number of hydrogen-bond donors (Lipinski definition) is 0. The van der Waals surface area contributed by atoms with Gasteiger partial charge in [0.1, 0.15) is 5.92 Å². The standard InChI is InChI=1S/C23H18BrNO2/c1-25-19-13-6-5-12-18(19)20(15-8-3-2-4-9-15)21(23(25)27)22(26)16-10-7-11-17(24)14-16/h2-14,20-21H,1H3. The van der Waals surface area contributed by atoms with Crippen molar-refractivity contribution in [2.45, 2.75) is 5.92 Å². The number of ketones is 1. The fourth-order valence-electron chi connectivity index (χ4n) is 3.82. The van der Waals surface area contributed by atoms with Crippen LogP contribution in [0, 0.1) is 5.92 Å². The van der Waals surface area contributed by atoms with Crippen molar-refractivity contribution in [1.29, 1.82) is 0 Å². The van der Waals surface area contributed by atoms with Gasteiger partial charge < -0.3 is 4.90 Å². The number of nitrogens with zero attached hydrogens (tertiary/aromatic N) is 1. The lowest BCUT2D eigenvalue weighted by molar-refractivity contribution is -0.121. The van der Waals surface area contributed by atoms with Crippen molar-refractivity contribution in [2.75, 3.05) is 11.9 Å². The summed E-state index contributed by atoms with van der Waals surface area (Å²) in [5.74, 6) is -1.43. The molecule has 4 rings (SSSR count). The molecule has 0 saturated carbocycles. The Kier molecular flexibility index (Phi) is 4.66. The third-order valence-electron chi connectivity index (χ3n) is 5.11. The number of amides is 1. The maximum atomic E-state index is 13.4. The Bertz CT molecular complexity index is 1020. The maximum Gasteiger partial charge on any atom is 0.238 e. The molecule has 0 bridgehead atoms. The molecule has 0 spiro atoms. The molecule has 0 aliphatic carbocycles. The van der Waals surface area contributed by atoms with Crippen LogP contribution < -0.4 is 4.90 Å². The second kappa shape index (κ2) is 7.12. The van der Waals surface area contributed by atoms with Crippen LogP contribution in [0.3, 0.4) is 0 Å². The van der Waals surface area contributed by atoms with Crippen molar-refractivity contribution >= 4 is 33.3 Å². The number of fused-ring (bicyclic) bond motifs is 1. The largest absolute Gasteiger partial charge is 0.315 e. The Morgan fingerprint density at radius 2 is 1.63 bits per heavy atom. The van der Waals surface area contributed by atoms with Crippen LogP contribution >= 0.6 is 15.9 Å². The summed E-state index contributed by atoms with van der Waals surface area (Å²) in [7, 11) is 1.74. The Morgan fingerprint density at radius 3 is 2.37 bits per heavy atom. The highest BCUT2D eigenvalue weighted by molar-refractivity contribution is 9.10. The number of rotatable bonds is 3. The highest BCUT2D eigenvalue weighted by atomic mass is 79.9. The predicted molar refractivity (Wildman–Crippen MR) is 110 cm³/mol. The minimum Gasteiger partial charge on any atom is -0.315 e. The molecule has 1 aliphatic heterocycles. The number of carbonyl (C=O) groups excluding carboxylic acids is 2. The first-order chi connectivity index (χ1) is 13.1. The van der Waals surface area contributed by atoms with Gasteiger partial charge in [0.25, 0.3) is 0 Å². The average molecular weight is 420 g/mol. The molecule has 2 unspecified atom stereocenters. The third-order valence-corrected chi connectivity index (χ3v) is 5.61. The van der Waals surface area contributed by atoms with Gasteiger partial charge in [-0.3, -0.25) is 9.59 Å². The molecule has 0 radical (unpaired) electrons. The van der Waals surface area contributed by atoms with E-state index in [1.54, 1.807) is 24.1 Å². The molecule has 0 N–H and O–H groups in total. The number of halogens is 1. The summed E-state index contributed by atoms with van der Waals surface area (Å²) in [5.41, 5.74) is 3.37. The molecule has 1 heterocycles. The van der Waals surface area contributed by atoms with Gasteiger partial charge in [-0.05, 0) is 29.3 Å². The van der Waals surface area contributed by atoms with Crippen molar-refractivity contribution in [3.05, 3.63) is 100 Å². The van der Waals surface area contributed by atoms with E-state index in [2.05, 4.69) is 15.9 Å². The van der Waals surface area contributed by atoms with E-state index in [1.807, 2.05) is 66.7 Å². The second-order valence-corrected chi connectivity index (χ2v) is 7.61. The van der Waals surface area contributed by atoms with Crippen LogP contribution in [0.25, 0.3) is 0 Å². The lowest BCUT2D eigenvalue weighted by Crippen LogP contribution is -2.45. The summed E-state index contributed by atoms with van der Waals surface area (Å²) in [4.78, 5) is 28.3. The molecule has 0 saturated heterocycles. The predicted octanol–water partition coefficient (Wildman–Crippen LogP) is 5.06. The molecule has 3 aromatic rings. The van der Waals surface area contributed by atoms with Crippen LogP contribution in [0.2, 0.25) is 0 Å². The Hall–Kier alpha value is -2.72. The van der Waals surface area contributed by atoms with Gasteiger partial charge in [-0.1, -0.05) is 76.6 Å². The number of hydrogen-bond acceptors (Lipinski definition) is 2. The Morgan fingerprint density at radius 1 is 0.926 bits per heavy atom. The number of Topliss-reactive ketones (excluding diaryl/α,β-unsaturated/α-hetero) is 1. The SMILES string of the molecule is CN1C(=O)C(C(=O)c2cccc(Br)c2)C(c2ccccc2)c2ccccc21. The summed E-state index contributed by atoms with van der Waals surface area (Å²) in [6.07, 6.45) is 0. The molecule has 1 aliphatic rings. The number of carbonyl (C=O) groups is 2. The average Bonchev–Trinajstić information content (AvgIpc) is 2.70. The fraction of sp³-hybridized carbons (Fsp3) is 0.130. The summed E-state index contributed by atoms with van der Waals surface area (Å²) >= 11 is 3.42. The minimum absolute atomic E-state index is 0.156. The number of benzene rings is 3. The van der Waals surface area contributed by atoms with Gasteiger partial charge in [0.2, 0.25) is 5.91 Å². The van der Waals surface area contributed by atoms with Crippen molar-refractivity contribution in [3.63, 3.8) is 0 Å². The normalized spacial score (nSPS) is 18.9. The second-order valence-electron chi connectivity index (χ2n) is 6.70. The van der Waals surface area contributed by atoms with Crippen LogP contribution in [0.1, 0.15) is 27.4 Å². The molecule has 0 fully saturated rings. The van der Waals surface area contributed by atoms with Crippen molar-refractivity contribution < 1.29 is 9.59 Å². The first-order valence-electron chi connectivity index (χ1n) is 8.79. The van der Waals surface area contributed by atoms with Gasteiger partial charge in [-0.2, -0.15) is 0 Å². The minimum atomic E-state index is -0.790. The van der Waals surface area contributed by atoms with Gasteiger partial charge in [0.15, 0.2) is 5.78 Å². The zero-order valence-corrected chi connectivity index (χ0v) is 16.4. The molecule has 1 amide bonds. The number of anilines is 1. The van der Waals surface area contributed by atoms with E-state index in [4.69, 9.17) is 0 Å². The summed E-state index contributed by atoms with van der Waals surface area (Å²) in [5, 5.41) is 0. The summed E-state index contributed by atoms with van der Waals surface area (Å²) in [6.45, 7) is 0. The first kappa shape index (κ1) is 17.7. The molecule has 3 aromatic carbocycles. The first-order valence-corrected chi connectivity index (χ1v) is 9.58. The Labute approximate surface area is 166 Å². The number of para-hydroxylation sites is 1. The van der Waals surface area contributed by atoms with Gasteiger partial charge in [-0.15, -0.1) is 0 Å². The molecule has 2 atom stereocenters. The van der Waals surface area contributed by atoms with Crippen LogP contribution in [0.15, 0.2) is 83.3 Å². The lowest BCUT2D eigenvalue weighted by Gasteiger charge is -2.37. The fourth-order valence-corrected chi connectivity index (χ4v) is 4.22. The quantitative estimate of drug-likeness (QED) is 0.439. The molecule has 0 aromatic heterocycles. The zero-order valence-electron chi connectivity index (χ0n) is 14.8. The Balaban J connectivity index is 1.90. The molecule has 4 heteroatoms. The van der Waals surface area contributed by atoms with Crippen LogP contribution in [-0.2, 0) is 4.79 Å². The summed E-state index contributed by atoms with van der Waals surface area (Å²) in [6, 6.07) is 24.9.